The van der Waals surface area contributed by atoms with E-state index in [1.165, 1.54) is 10.7 Å². The number of fused-ring (bicyclic) bond motifs is 2. The largest absolute Gasteiger partial charge is 0.388 e. The maximum absolute atomic E-state index is 13.5. The van der Waals surface area contributed by atoms with Gasteiger partial charge in [-0.3, -0.25) is 9.69 Å². The molecule has 1 aromatic heterocycles. The van der Waals surface area contributed by atoms with Crippen LogP contribution >= 0.6 is 0 Å². The molecule has 3 aliphatic rings. The van der Waals surface area contributed by atoms with E-state index in [0.717, 1.165) is 36.9 Å². The standard InChI is InChI=1S/C22H26FN3O2/c23-17-3-1-2-15(10-17)13-25-18-6-7-19(25)12-22(28,11-18)14-26-21(27)9-8-20(24-26)16-4-5-16/h1-3,8-10,16,18-19,28H,4-7,11-14H2/t18-,19+,22?. The molecule has 1 N–H and O–H groups in total. The third-order valence-corrected chi connectivity index (χ3v) is 6.58. The first kappa shape index (κ1) is 18.0. The fourth-order valence-electron chi connectivity index (χ4n) is 5.10. The Morgan fingerprint density at radius 1 is 1.11 bits per heavy atom. The topological polar surface area (TPSA) is 58.4 Å². The molecule has 3 atom stereocenters. The molecule has 1 aliphatic carbocycles. The maximum atomic E-state index is 13.5. The number of aliphatic hydroxyl groups is 1. The number of halogens is 1. The molecule has 2 bridgehead atoms. The number of benzene rings is 1. The van der Waals surface area contributed by atoms with Gasteiger partial charge in [0.25, 0.3) is 5.56 Å². The van der Waals surface area contributed by atoms with Crippen molar-refractivity contribution in [3.05, 3.63) is 63.8 Å². The second kappa shape index (κ2) is 6.78. The van der Waals surface area contributed by atoms with Gasteiger partial charge in [0, 0.05) is 30.6 Å². The highest BCUT2D eigenvalue weighted by Gasteiger charge is 2.47. The van der Waals surface area contributed by atoms with Crippen molar-refractivity contribution < 1.29 is 9.50 Å². The zero-order valence-corrected chi connectivity index (χ0v) is 15.9. The Hall–Kier alpha value is -2.05. The van der Waals surface area contributed by atoms with Crippen LogP contribution in [0.25, 0.3) is 0 Å². The maximum Gasteiger partial charge on any atom is 0.266 e. The molecule has 0 radical (unpaired) electrons. The average molecular weight is 383 g/mol. The molecule has 3 heterocycles. The molecule has 3 fully saturated rings. The summed E-state index contributed by atoms with van der Waals surface area (Å²) in [4.78, 5) is 14.7. The molecule has 2 aromatic rings. The Kier molecular flexibility index (Phi) is 4.36. The SMILES string of the molecule is O=c1ccc(C2CC2)nn1CC1(O)C[C@H]2CC[C@@H](C1)N2Cc1cccc(F)c1. The highest BCUT2D eigenvalue weighted by Crippen LogP contribution is 2.42. The Balaban J connectivity index is 1.32. The molecule has 148 valence electrons. The summed E-state index contributed by atoms with van der Waals surface area (Å²) in [5, 5.41) is 15.8. The Labute approximate surface area is 163 Å². The first-order chi connectivity index (χ1) is 13.5. The number of rotatable bonds is 5. The van der Waals surface area contributed by atoms with Crippen LogP contribution in [0.4, 0.5) is 4.39 Å². The van der Waals surface area contributed by atoms with Gasteiger partial charge in [0.05, 0.1) is 17.8 Å². The van der Waals surface area contributed by atoms with E-state index in [-0.39, 0.29) is 30.0 Å². The molecule has 1 aromatic carbocycles. The molecule has 2 aliphatic heterocycles. The van der Waals surface area contributed by atoms with Crippen LogP contribution in [0.2, 0.25) is 0 Å². The van der Waals surface area contributed by atoms with Gasteiger partial charge in [-0.15, -0.1) is 0 Å². The molecular weight excluding hydrogens is 357 g/mol. The molecule has 1 saturated carbocycles. The van der Waals surface area contributed by atoms with Crippen LogP contribution in [0.1, 0.15) is 55.7 Å². The Morgan fingerprint density at radius 2 is 1.86 bits per heavy atom. The van der Waals surface area contributed by atoms with Crippen molar-refractivity contribution in [2.45, 2.75) is 75.2 Å². The van der Waals surface area contributed by atoms with E-state index in [0.29, 0.717) is 25.3 Å². The summed E-state index contributed by atoms with van der Waals surface area (Å²) in [7, 11) is 0. The van der Waals surface area contributed by atoms with Crippen LogP contribution in [-0.2, 0) is 13.1 Å². The van der Waals surface area contributed by atoms with Gasteiger partial charge in [0.2, 0.25) is 0 Å². The van der Waals surface area contributed by atoms with Crippen LogP contribution in [0.5, 0.6) is 0 Å². The van der Waals surface area contributed by atoms with Crippen LogP contribution in [-0.4, -0.2) is 37.5 Å². The summed E-state index contributed by atoms with van der Waals surface area (Å²) in [6.45, 7) is 0.964. The molecule has 2 saturated heterocycles. The molecule has 0 spiro atoms. The Morgan fingerprint density at radius 3 is 2.54 bits per heavy atom. The van der Waals surface area contributed by atoms with E-state index >= 15 is 0 Å². The van der Waals surface area contributed by atoms with Gasteiger partial charge < -0.3 is 5.11 Å². The minimum Gasteiger partial charge on any atom is -0.388 e. The van der Waals surface area contributed by atoms with Gasteiger partial charge in [-0.1, -0.05) is 12.1 Å². The average Bonchev–Trinajstić information content (AvgIpc) is 3.45. The lowest BCUT2D eigenvalue weighted by atomic mass is 9.85. The van der Waals surface area contributed by atoms with Crippen molar-refractivity contribution in [2.24, 2.45) is 0 Å². The van der Waals surface area contributed by atoms with Crippen molar-refractivity contribution in [3.8, 4) is 0 Å². The number of nitrogens with zero attached hydrogens (tertiary/aromatic N) is 3. The van der Waals surface area contributed by atoms with Gasteiger partial charge in [-0.25, -0.2) is 9.07 Å². The highest BCUT2D eigenvalue weighted by molar-refractivity contribution is 5.18. The lowest BCUT2D eigenvalue weighted by molar-refractivity contribution is -0.0678. The van der Waals surface area contributed by atoms with Crippen molar-refractivity contribution in [1.82, 2.24) is 14.7 Å². The van der Waals surface area contributed by atoms with Crippen molar-refractivity contribution in [2.75, 3.05) is 0 Å². The van der Waals surface area contributed by atoms with Gasteiger partial charge in [0.15, 0.2) is 0 Å². The zero-order valence-electron chi connectivity index (χ0n) is 15.9. The van der Waals surface area contributed by atoms with E-state index in [1.807, 2.05) is 12.1 Å². The predicted octanol–water partition coefficient (Wildman–Crippen LogP) is 2.82. The summed E-state index contributed by atoms with van der Waals surface area (Å²) in [5.41, 5.74) is 0.878. The second-order valence-electron chi connectivity index (χ2n) is 8.85. The molecule has 1 unspecified atom stereocenters. The fourth-order valence-corrected chi connectivity index (χ4v) is 5.10. The molecule has 6 heteroatoms. The lowest BCUT2D eigenvalue weighted by Crippen LogP contribution is -2.53. The predicted molar refractivity (Wildman–Crippen MR) is 103 cm³/mol. The summed E-state index contributed by atoms with van der Waals surface area (Å²) in [6, 6.07) is 10.7. The first-order valence-electron chi connectivity index (χ1n) is 10.3. The van der Waals surface area contributed by atoms with Crippen molar-refractivity contribution >= 4 is 0 Å². The fraction of sp³-hybridized carbons (Fsp3) is 0.545. The number of hydrogen-bond acceptors (Lipinski definition) is 4. The summed E-state index contributed by atoms with van der Waals surface area (Å²) in [5.74, 6) is 0.269. The van der Waals surface area contributed by atoms with Crippen LogP contribution in [0.3, 0.4) is 0 Å². The molecule has 0 amide bonds. The number of aromatic nitrogens is 2. The molecular formula is C22H26FN3O2. The van der Waals surface area contributed by atoms with Crippen molar-refractivity contribution in [1.29, 1.82) is 0 Å². The third kappa shape index (κ3) is 3.51. The lowest BCUT2D eigenvalue weighted by Gasteiger charge is -2.43. The van der Waals surface area contributed by atoms with Crippen LogP contribution < -0.4 is 5.56 Å². The Bertz CT molecular complexity index is 925. The first-order valence-corrected chi connectivity index (χ1v) is 10.3. The molecule has 28 heavy (non-hydrogen) atoms. The van der Waals surface area contributed by atoms with E-state index < -0.39 is 5.60 Å². The third-order valence-electron chi connectivity index (χ3n) is 6.58. The molecule has 5 rings (SSSR count). The quantitative estimate of drug-likeness (QED) is 0.863. The minimum absolute atomic E-state index is 0.146. The normalized spacial score (nSPS) is 29.9. The van der Waals surface area contributed by atoms with Gasteiger partial charge in [-0.2, -0.15) is 5.10 Å². The molecule has 5 nitrogen and oxygen atoms in total. The van der Waals surface area contributed by atoms with Crippen LogP contribution in [0.15, 0.2) is 41.2 Å². The van der Waals surface area contributed by atoms with Gasteiger partial charge >= 0.3 is 0 Å². The van der Waals surface area contributed by atoms with E-state index in [1.54, 1.807) is 18.2 Å². The number of piperidine rings is 1. The van der Waals surface area contributed by atoms with Crippen LogP contribution in [0, 0.1) is 5.82 Å². The van der Waals surface area contributed by atoms with Crippen molar-refractivity contribution in [3.63, 3.8) is 0 Å². The van der Waals surface area contributed by atoms with E-state index in [9.17, 15) is 14.3 Å². The van der Waals surface area contributed by atoms with Gasteiger partial charge in [-0.05, 0) is 62.3 Å². The zero-order chi connectivity index (χ0) is 19.3. The summed E-state index contributed by atoms with van der Waals surface area (Å²) < 4.78 is 15.0. The van der Waals surface area contributed by atoms with E-state index in [4.69, 9.17) is 0 Å². The minimum atomic E-state index is -0.913. The monoisotopic (exact) mass is 383 g/mol. The second-order valence-corrected chi connectivity index (χ2v) is 8.85. The summed E-state index contributed by atoms with van der Waals surface area (Å²) in [6.07, 6.45) is 5.59. The highest BCUT2D eigenvalue weighted by atomic mass is 19.1. The number of hydrogen-bond donors (Lipinski definition) is 1. The summed E-state index contributed by atoms with van der Waals surface area (Å²) >= 11 is 0. The van der Waals surface area contributed by atoms with Gasteiger partial charge in [0.1, 0.15) is 5.82 Å². The smallest absolute Gasteiger partial charge is 0.266 e. The van der Waals surface area contributed by atoms with E-state index in [2.05, 4.69) is 10.00 Å².